The smallest absolute Gasteiger partial charge is 0.248 e. The molecule has 3 aromatic rings. The molecule has 1 aromatic heterocycles. The lowest BCUT2D eigenvalue weighted by Gasteiger charge is -2.14. The summed E-state index contributed by atoms with van der Waals surface area (Å²) < 4.78 is 11.6. The van der Waals surface area contributed by atoms with Gasteiger partial charge in [0.1, 0.15) is 11.3 Å². The van der Waals surface area contributed by atoms with Crippen LogP contribution in [0.2, 0.25) is 0 Å². The predicted molar refractivity (Wildman–Crippen MR) is 117 cm³/mol. The Balaban J connectivity index is 1.96. The lowest BCUT2D eigenvalue weighted by atomic mass is 9.98. The molecular weight excluding hydrogens is 370 g/mol. The number of amides is 1. The van der Waals surface area contributed by atoms with Crippen molar-refractivity contribution in [3.05, 3.63) is 59.4 Å². The van der Waals surface area contributed by atoms with Crippen molar-refractivity contribution in [1.29, 1.82) is 0 Å². The number of hydrogen-bond donors (Lipinski definition) is 1. The molecule has 0 aliphatic rings. The van der Waals surface area contributed by atoms with Crippen LogP contribution in [0.3, 0.4) is 0 Å². The van der Waals surface area contributed by atoms with Gasteiger partial charge in [0, 0.05) is 33.2 Å². The Kier molecular flexibility index (Phi) is 6.15. The van der Waals surface area contributed by atoms with Gasteiger partial charge in [0.15, 0.2) is 0 Å². The summed E-state index contributed by atoms with van der Waals surface area (Å²) in [6, 6.07) is 9.84. The normalized spacial score (nSPS) is 11.7. The summed E-state index contributed by atoms with van der Waals surface area (Å²) in [5.41, 5.74) is 5.37. The van der Waals surface area contributed by atoms with E-state index in [2.05, 4.69) is 5.32 Å². The molecular formula is C23H25NO3S. The van der Waals surface area contributed by atoms with Crippen LogP contribution in [0.1, 0.15) is 30.5 Å². The monoisotopic (exact) mass is 395 g/mol. The number of thioether (sulfide) groups is 1. The molecule has 0 aliphatic carbocycles. The summed E-state index contributed by atoms with van der Waals surface area (Å²) in [7, 11) is 0. The standard InChI is InChI=1S/C23H25NO3S/c1-6-26-22-16(4)23-20(15(3)13-27-23)12-19(22)14(2)10-21(25)24-17-8-7-9-18(11-17)28-5/h7-13H,6H2,1-5H3,(H,24,25)/b14-10+. The zero-order chi connectivity index (χ0) is 20.3. The number of hydrogen-bond acceptors (Lipinski definition) is 4. The van der Waals surface area contributed by atoms with Gasteiger partial charge in [-0.2, -0.15) is 0 Å². The van der Waals surface area contributed by atoms with Crippen molar-refractivity contribution in [3.8, 4) is 5.75 Å². The Bertz CT molecular complexity index is 1050. The minimum atomic E-state index is -0.167. The molecule has 0 spiro atoms. The molecule has 146 valence electrons. The van der Waals surface area contributed by atoms with E-state index >= 15 is 0 Å². The Labute approximate surface area is 170 Å². The summed E-state index contributed by atoms with van der Waals surface area (Å²) in [4.78, 5) is 13.7. The first-order chi connectivity index (χ1) is 13.4. The number of ether oxygens (including phenoxy) is 1. The fraction of sp³-hybridized carbons (Fsp3) is 0.261. The molecule has 0 saturated heterocycles. The van der Waals surface area contributed by atoms with E-state index in [0.717, 1.165) is 49.6 Å². The second-order valence-corrected chi connectivity index (χ2v) is 7.53. The second kappa shape index (κ2) is 8.57. The zero-order valence-electron chi connectivity index (χ0n) is 16.9. The van der Waals surface area contributed by atoms with Gasteiger partial charge in [-0.15, -0.1) is 11.8 Å². The summed E-state index contributed by atoms with van der Waals surface area (Å²) in [6.45, 7) is 8.42. The van der Waals surface area contributed by atoms with Crippen LogP contribution in [-0.2, 0) is 4.79 Å². The average molecular weight is 396 g/mol. The van der Waals surface area contributed by atoms with Gasteiger partial charge in [0.05, 0.1) is 12.9 Å². The molecule has 5 heteroatoms. The highest BCUT2D eigenvalue weighted by Crippen LogP contribution is 2.37. The Hall–Kier alpha value is -2.66. The zero-order valence-corrected chi connectivity index (χ0v) is 17.7. The molecule has 1 amide bonds. The number of furan rings is 1. The predicted octanol–water partition coefficient (Wildman–Crippen LogP) is 6.21. The van der Waals surface area contributed by atoms with Crippen molar-refractivity contribution in [2.24, 2.45) is 0 Å². The van der Waals surface area contributed by atoms with Crippen LogP contribution in [0, 0.1) is 13.8 Å². The van der Waals surface area contributed by atoms with Gasteiger partial charge >= 0.3 is 0 Å². The van der Waals surface area contributed by atoms with E-state index in [1.165, 1.54) is 0 Å². The van der Waals surface area contributed by atoms with Gasteiger partial charge in [-0.05, 0) is 69.4 Å². The third-order valence-electron chi connectivity index (χ3n) is 4.64. The molecule has 1 N–H and O–H groups in total. The lowest BCUT2D eigenvalue weighted by Crippen LogP contribution is -2.09. The average Bonchev–Trinajstić information content (AvgIpc) is 3.05. The quantitative estimate of drug-likeness (QED) is 0.398. The van der Waals surface area contributed by atoms with E-state index in [0.29, 0.717) is 6.61 Å². The van der Waals surface area contributed by atoms with Crippen molar-refractivity contribution >= 4 is 39.9 Å². The Morgan fingerprint density at radius 1 is 1.29 bits per heavy atom. The fourth-order valence-corrected chi connectivity index (χ4v) is 3.67. The lowest BCUT2D eigenvalue weighted by molar-refractivity contribution is -0.111. The largest absolute Gasteiger partial charge is 0.493 e. The molecule has 0 aliphatic heterocycles. The van der Waals surface area contributed by atoms with Crippen molar-refractivity contribution in [3.63, 3.8) is 0 Å². The van der Waals surface area contributed by atoms with Crippen LogP contribution in [-0.4, -0.2) is 18.8 Å². The van der Waals surface area contributed by atoms with Crippen LogP contribution in [0.5, 0.6) is 5.75 Å². The number of nitrogens with one attached hydrogen (secondary N) is 1. The number of benzene rings is 2. The molecule has 4 nitrogen and oxygen atoms in total. The van der Waals surface area contributed by atoms with Crippen LogP contribution in [0.4, 0.5) is 5.69 Å². The summed E-state index contributed by atoms with van der Waals surface area (Å²) in [6.07, 6.45) is 5.38. The van der Waals surface area contributed by atoms with E-state index < -0.39 is 0 Å². The van der Waals surface area contributed by atoms with Crippen LogP contribution < -0.4 is 10.1 Å². The number of fused-ring (bicyclic) bond motifs is 1. The van der Waals surface area contributed by atoms with Gasteiger partial charge in [0.25, 0.3) is 0 Å². The highest BCUT2D eigenvalue weighted by Gasteiger charge is 2.17. The maximum atomic E-state index is 12.6. The number of carbonyl (C=O) groups excluding carboxylic acids is 1. The molecule has 3 rings (SSSR count). The number of rotatable bonds is 6. The third kappa shape index (κ3) is 4.09. The summed E-state index contributed by atoms with van der Waals surface area (Å²) >= 11 is 1.64. The molecule has 0 radical (unpaired) electrons. The highest BCUT2D eigenvalue weighted by molar-refractivity contribution is 7.98. The minimum Gasteiger partial charge on any atom is -0.493 e. The van der Waals surface area contributed by atoms with Gasteiger partial charge < -0.3 is 14.5 Å². The number of carbonyl (C=O) groups is 1. The number of anilines is 1. The maximum absolute atomic E-state index is 12.6. The summed E-state index contributed by atoms with van der Waals surface area (Å²) in [5.74, 6) is 0.593. The topological polar surface area (TPSA) is 51.5 Å². The second-order valence-electron chi connectivity index (χ2n) is 6.66. The molecule has 0 bridgehead atoms. The van der Waals surface area contributed by atoms with Crippen molar-refractivity contribution in [2.45, 2.75) is 32.6 Å². The van der Waals surface area contributed by atoms with E-state index in [4.69, 9.17) is 9.15 Å². The van der Waals surface area contributed by atoms with Crippen LogP contribution >= 0.6 is 11.8 Å². The van der Waals surface area contributed by atoms with Crippen molar-refractivity contribution in [1.82, 2.24) is 0 Å². The Morgan fingerprint density at radius 2 is 2.07 bits per heavy atom. The molecule has 0 unspecified atom stereocenters. The third-order valence-corrected chi connectivity index (χ3v) is 5.36. The first-order valence-electron chi connectivity index (χ1n) is 9.22. The maximum Gasteiger partial charge on any atom is 0.248 e. The van der Waals surface area contributed by atoms with Gasteiger partial charge in [-0.1, -0.05) is 6.07 Å². The summed E-state index contributed by atoms with van der Waals surface area (Å²) in [5, 5.41) is 3.98. The molecule has 0 fully saturated rings. The number of aryl methyl sites for hydroxylation is 2. The van der Waals surface area contributed by atoms with E-state index in [9.17, 15) is 4.79 Å². The first kappa shape index (κ1) is 20.1. The number of allylic oxidation sites excluding steroid dienone is 1. The molecule has 0 saturated carbocycles. The van der Waals surface area contributed by atoms with Crippen LogP contribution in [0.25, 0.3) is 16.5 Å². The van der Waals surface area contributed by atoms with Gasteiger partial charge in [0.2, 0.25) is 5.91 Å². The Morgan fingerprint density at radius 3 is 2.79 bits per heavy atom. The SMILES string of the molecule is CCOc1c(/C(C)=C/C(=O)Nc2cccc(SC)c2)cc2c(C)coc2c1C. The fourth-order valence-electron chi connectivity index (χ4n) is 3.21. The van der Waals surface area contributed by atoms with E-state index in [-0.39, 0.29) is 5.91 Å². The molecule has 0 atom stereocenters. The van der Waals surface area contributed by atoms with E-state index in [1.807, 2.05) is 64.3 Å². The van der Waals surface area contributed by atoms with E-state index in [1.54, 1.807) is 24.1 Å². The van der Waals surface area contributed by atoms with Crippen LogP contribution in [0.15, 0.2) is 52.0 Å². The molecule has 2 aromatic carbocycles. The molecule has 28 heavy (non-hydrogen) atoms. The minimum absolute atomic E-state index is 0.167. The van der Waals surface area contributed by atoms with Crippen molar-refractivity contribution < 1.29 is 13.9 Å². The van der Waals surface area contributed by atoms with Gasteiger partial charge in [-0.25, -0.2) is 0 Å². The van der Waals surface area contributed by atoms with Crippen molar-refractivity contribution in [2.75, 3.05) is 18.2 Å². The van der Waals surface area contributed by atoms with Gasteiger partial charge in [-0.3, -0.25) is 4.79 Å². The first-order valence-corrected chi connectivity index (χ1v) is 10.4. The highest BCUT2D eigenvalue weighted by atomic mass is 32.2. The molecule has 1 heterocycles.